The van der Waals surface area contributed by atoms with Gasteiger partial charge in [-0.05, 0) is 6.42 Å². The van der Waals surface area contributed by atoms with Gasteiger partial charge in [0, 0.05) is 18.2 Å². The third-order valence-corrected chi connectivity index (χ3v) is 2.41. The molecule has 0 unspecified atom stereocenters. The maximum Gasteiger partial charge on any atom is 0.253 e. The summed E-state index contributed by atoms with van der Waals surface area (Å²) in [5.74, 6) is 0. The molecule has 2 aromatic rings. The fourth-order valence-electron chi connectivity index (χ4n) is 1.60. The van der Waals surface area contributed by atoms with Crippen LogP contribution in [0.2, 0.25) is 0 Å². The van der Waals surface area contributed by atoms with Crippen molar-refractivity contribution >= 4 is 0 Å². The predicted octanol–water partition coefficient (Wildman–Crippen LogP) is 2.32. The lowest BCUT2D eigenvalue weighted by Gasteiger charge is -2.04. The normalized spacial score (nSPS) is 10.3. The summed E-state index contributed by atoms with van der Waals surface area (Å²) in [5, 5.41) is 0. The first-order valence-corrected chi connectivity index (χ1v) is 5.43. The number of hydrogen-bond acceptors (Lipinski definition) is 2. The molecule has 0 bridgehead atoms. The minimum Gasteiger partial charge on any atom is -0.299 e. The van der Waals surface area contributed by atoms with Crippen molar-refractivity contribution in [3.05, 3.63) is 53.1 Å². The van der Waals surface area contributed by atoms with Crippen molar-refractivity contribution in [2.45, 2.75) is 19.9 Å². The number of hydrogen-bond donors (Lipinski definition) is 0. The number of nitrogens with zero attached hydrogens (tertiary/aromatic N) is 2. The van der Waals surface area contributed by atoms with Crippen LogP contribution in [0.5, 0.6) is 0 Å². The molecule has 2 rings (SSSR count). The first kappa shape index (κ1) is 10.6. The minimum atomic E-state index is 0.00991. The van der Waals surface area contributed by atoms with Crippen LogP contribution in [0.3, 0.4) is 0 Å². The molecule has 16 heavy (non-hydrogen) atoms. The predicted molar refractivity (Wildman–Crippen MR) is 64.2 cm³/mol. The fourth-order valence-corrected chi connectivity index (χ4v) is 1.60. The van der Waals surface area contributed by atoms with Crippen LogP contribution < -0.4 is 5.56 Å². The lowest BCUT2D eigenvalue weighted by atomic mass is 10.1. The summed E-state index contributed by atoms with van der Waals surface area (Å²) in [4.78, 5) is 16.0. The number of rotatable bonds is 3. The van der Waals surface area contributed by atoms with Gasteiger partial charge in [0.15, 0.2) is 0 Å². The van der Waals surface area contributed by atoms with Gasteiger partial charge < -0.3 is 0 Å². The molecule has 1 aromatic carbocycles. The van der Waals surface area contributed by atoms with Crippen LogP contribution in [-0.2, 0) is 6.54 Å². The average molecular weight is 214 g/mol. The van der Waals surface area contributed by atoms with Crippen molar-refractivity contribution in [3.63, 3.8) is 0 Å². The summed E-state index contributed by atoms with van der Waals surface area (Å²) >= 11 is 0. The van der Waals surface area contributed by atoms with Gasteiger partial charge in [-0.3, -0.25) is 9.36 Å². The molecule has 0 saturated heterocycles. The standard InChI is InChI=1S/C13H14N2O/c1-2-8-15-10-14-12(9-13(15)16)11-6-4-3-5-7-11/h3-7,9-10H,2,8H2,1H3. The van der Waals surface area contributed by atoms with E-state index in [4.69, 9.17) is 0 Å². The number of aromatic nitrogens is 2. The molecule has 1 aromatic heterocycles. The van der Waals surface area contributed by atoms with E-state index in [1.165, 1.54) is 0 Å². The van der Waals surface area contributed by atoms with Crippen molar-refractivity contribution in [2.75, 3.05) is 0 Å². The second kappa shape index (κ2) is 4.75. The molecule has 0 aliphatic heterocycles. The molecule has 0 aliphatic rings. The first-order chi connectivity index (χ1) is 7.81. The molecule has 0 aliphatic carbocycles. The van der Waals surface area contributed by atoms with E-state index in [1.54, 1.807) is 17.0 Å². The van der Waals surface area contributed by atoms with Gasteiger partial charge in [-0.25, -0.2) is 4.98 Å². The fraction of sp³-hybridized carbons (Fsp3) is 0.231. The molecular formula is C13H14N2O. The highest BCUT2D eigenvalue weighted by Gasteiger charge is 2.01. The molecule has 3 nitrogen and oxygen atoms in total. The van der Waals surface area contributed by atoms with E-state index in [1.807, 2.05) is 37.3 Å². The zero-order chi connectivity index (χ0) is 11.4. The van der Waals surface area contributed by atoms with Crippen molar-refractivity contribution in [1.29, 1.82) is 0 Å². The highest BCUT2D eigenvalue weighted by molar-refractivity contribution is 5.57. The Morgan fingerprint density at radius 2 is 2.00 bits per heavy atom. The van der Waals surface area contributed by atoms with Gasteiger partial charge in [-0.2, -0.15) is 0 Å². The van der Waals surface area contributed by atoms with Gasteiger partial charge in [0.25, 0.3) is 5.56 Å². The Balaban J connectivity index is 2.39. The third kappa shape index (κ3) is 2.19. The second-order valence-corrected chi connectivity index (χ2v) is 3.67. The van der Waals surface area contributed by atoms with E-state index in [9.17, 15) is 4.79 Å². The van der Waals surface area contributed by atoms with Gasteiger partial charge >= 0.3 is 0 Å². The van der Waals surface area contributed by atoms with Crippen molar-refractivity contribution < 1.29 is 0 Å². The Labute approximate surface area is 94.4 Å². The molecule has 0 fully saturated rings. The average Bonchev–Trinajstić information content (AvgIpc) is 2.33. The summed E-state index contributed by atoms with van der Waals surface area (Å²) in [7, 11) is 0. The molecule has 0 spiro atoms. The molecule has 0 saturated carbocycles. The van der Waals surface area contributed by atoms with Gasteiger partial charge in [0.1, 0.15) is 0 Å². The molecule has 0 atom stereocenters. The van der Waals surface area contributed by atoms with Crippen LogP contribution in [0.4, 0.5) is 0 Å². The maximum absolute atomic E-state index is 11.7. The Morgan fingerprint density at radius 1 is 1.25 bits per heavy atom. The van der Waals surface area contributed by atoms with E-state index in [0.717, 1.165) is 24.2 Å². The molecule has 82 valence electrons. The lowest BCUT2D eigenvalue weighted by Crippen LogP contribution is -2.19. The van der Waals surface area contributed by atoms with Crippen molar-refractivity contribution in [2.24, 2.45) is 0 Å². The van der Waals surface area contributed by atoms with Crippen LogP contribution in [-0.4, -0.2) is 9.55 Å². The molecular weight excluding hydrogens is 200 g/mol. The molecule has 0 N–H and O–H groups in total. The van der Waals surface area contributed by atoms with Gasteiger partial charge in [0.2, 0.25) is 0 Å². The quantitative estimate of drug-likeness (QED) is 0.786. The lowest BCUT2D eigenvalue weighted by molar-refractivity contribution is 0.641. The minimum absolute atomic E-state index is 0.00991. The Hall–Kier alpha value is -1.90. The SMILES string of the molecule is CCCn1cnc(-c2ccccc2)cc1=O. The van der Waals surface area contributed by atoms with E-state index in [2.05, 4.69) is 4.98 Å². The summed E-state index contributed by atoms with van der Waals surface area (Å²) in [6, 6.07) is 11.3. The van der Waals surface area contributed by atoms with E-state index in [-0.39, 0.29) is 5.56 Å². The van der Waals surface area contributed by atoms with Crippen LogP contribution in [0.25, 0.3) is 11.3 Å². The Kier molecular flexibility index (Phi) is 3.15. The van der Waals surface area contributed by atoms with Crippen molar-refractivity contribution in [1.82, 2.24) is 9.55 Å². The van der Waals surface area contributed by atoms with Crippen LogP contribution >= 0.6 is 0 Å². The van der Waals surface area contributed by atoms with Gasteiger partial charge in [-0.15, -0.1) is 0 Å². The van der Waals surface area contributed by atoms with Gasteiger partial charge in [0.05, 0.1) is 12.0 Å². The van der Waals surface area contributed by atoms with Crippen LogP contribution in [0, 0.1) is 0 Å². The molecule has 0 amide bonds. The smallest absolute Gasteiger partial charge is 0.253 e. The zero-order valence-electron chi connectivity index (χ0n) is 9.26. The molecule has 3 heteroatoms. The number of aryl methyl sites for hydroxylation is 1. The van der Waals surface area contributed by atoms with Crippen LogP contribution in [0.1, 0.15) is 13.3 Å². The first-order valence-electron chi connectivity index (χ1n) is 5.43. The summed E-state index contributed by atoms with van der Waals surface area (Å²) < 4.78 is 1.63. The highest BCUT2D eigenvalue weighted by atomic mass is 16.1. The second-order valence-electron chi connectivity index (χ2n) is 3.67. The number of benzene rings is 1. The van der Waals surface area contributed by atoms with Gasteiger partial charge in [-0.1, -0.05) is 37.3 Å². The molecule has 1 heterocycles. The van der Waals surface area contributed by atoms with Crippen molar-refractivity contribution in [3.8, 4) is 11.3 Å². The van der Waals surface area contributed by atoms with Crippen LogP contribution in [0.15, 0.2) is 47.5 Å². The Bertz CT molecular complexity index is 517. The topological polar surface area (TPSA) is 34.9 Å². The summed E-state index contributed by atoms with van der Waals surface area (Å²) in [6.07, 6.45) is 2.56. The molecule has 0 radical (unpaired) electrons. The zero-order valence-corrected chi connectivity index (χ0v) is 9.26. The third-order valence-electron chi connectivity index (χ3n) is 2.41. The van der Waals surface area contributed by atoms with E-state index < -0.39 is 0 Å². The Morgan fingerprint density at radius 3 is 2.62 bits per heavy atom. The summed E-state index contributed by atoms with van der Waals surface area (Å²) in [6.45, 7) is 2.76. The van der Waals surface area contributed by atoms with E-state index >= 15 is 0 Å². The highest BCUT2D eigenvalue weighted by Crippen LogP contribution is 2.13. The monoisotopic (exact) mass is 214 g/mol. The maximum atomic E-state index is 11.7. The van der Waals surface area contributed by atoms with E-state index in [0.29, 0.717) is 0 Å². The summed E-state index contributed by atoms with van der Waals surface area (Å²) in [5.41, 5.74) is 1.72. The largest absolute Gasteiger partial charge is 0.299 e.